The number of hydrogen-bond donors (Lipinski definition) is 1. The van der Waals surface area contributed by atoms with Crippen LogP contribution in [0.25, 0.3) is 11.3 Å². The van der Waals surface area contributed by atoms with Gasteiger partial charge in [-0.3, -0.25) is 14.7 Å². The molecule has 2 unspecified atom stereocenters. The number of rotatable bonds is 3. The van der Waals surface area contributed by atoms with Gasteiger partial charge in [0, 0.05) is 31.0 Å². The normalized spacial score (nSPS) is 23.3. The van der Waals surface area contributed by atoms with Crippen molar-refractivity contribution in [1.29, 1.82) is 5.26 Å². The monoisotopic (exact) mass is 455 g/mol. The first-order chi connectivity index (χ1) is 16.2. The molecule has 1 amide bonds. The summed E-state index contributed by atoms with van der Waals surface area (Å²) in [6.07, 6.45) is 2.27. The molecule has 2 N–H and O–H groups in total. The van der Waals surface area contributed by atoms with Crippen LogP contribution in [-0.4, -0.2) is 34.4 Å². The van der Waals surface area contributed by atoms with Gasteiger partial charge in [0.25, 0.3) is 5.91 Å². The highest BCUT2D eigenvalue weighted by Gasteiger charge is 2.56. The molecular formula is C26H22FN5O2. The molecule has 8 heteroatoms. The maximum absolute atomic E-state index is 13.6. The second kappa shape index (κ2) is 7.66. The number of aliphatic imine (C=N–C) groups is 1. The largest absolute Gasteiger partial charge is 0.485 e. The van der Waals surface area contributed by atoms with Gasteiger partial charge in [0.2, 0.25) is 0 Å². The number of benzene rings is 2. The van der Waals surface area contributed by atoms with Crippen molar-refractivity contribution < 1.29 is 13.9 Å². The quantitative estimate of drug-likeness (QED) is 0.651. The fourth-order valence-electron chi connectivity index (χ4n) is 4.81. The number of nitriles is 1. The lowest BCUT2D eigenvalue weighted by Crippen LogP contribution is -2.51. The molecule has 0 saturated heterocycles. The summed E-state index contributed by atoms with van der Waals surface area (Å²) in [7, 11) is 1.60. The molecule has 2 aliphatic rings. The van der Waals surface area contributed by atoms with E-state index in [4.69, 9.17) is 10.5 Å². The standard InChI is InChI=1S/C26H22FN5O2/c1-25(12-16-6-8-19(27)9-7-16)15-26(23(33)32(2)24(29)31-26)20-11-21(30-14-22(20)34-25)18-5-3-4-17(10-18)13-28/h3-11,14H,12,15H2,1-2H3,(H2,29,31). The average Bonchev–Trinajstić information content (AvgIpc) is 3.04. The van der Waals surface area contributed by atoms with E-state index in [0.29, 0.717) is 29.0 Å². The van der Waals surface area contributed by atoms with Gasteiger partial charge in [0.15, 0.2) is 11.5 Å². The second-order valence-corrected chi connectivity index (χ2v) is 8.98. The molecule has 0 saturated carbocycles. The number of ether oxygens (including phenoxy) is 1. The van der Waals surface area contributed by atoms with Gasteiger partial charge in [0.05, 0.1) is 23.5 Å². The Labute approximate surface area is 196 Å². The smallest absolute Gasteiger partial charge is 0.261 e. The highest BCUT2D eigenvalue weighted by molar-refractivity contribution is 6.07. The molecule has 1 aromatic heterocycles. The summed E-state index contributed by atoms with van der Waals surface area (Å²) in [6, 6.07) is 17.2. The van der Waals surface area contributed by atoms with Crippen molar-refractivity contribution in [3.8, 4) is 23.1 Å². The maximum Gasteiger partial charge on any atom is 0.261 e. The first-order valence-electron chi connectivity index (χ1n) is 10.8. The zero-order chi connectivity index (χ0) is 24.1. The van der Waals surface area contributed by atoms with Crippen molar-refractivity contribution in [3.05, 3.63) is 83.3 Å². The second-order valence-electron chi connectivity index (χ2n) is 8.98. The fourth-order valence-corrected chi connectivity index (χ4v) is 4.81. The third-order valence-electron chi connectivity index (χ3n) is 6.39. The van der Waals surface area contributed by atoms with Crippen LogP contribution < -0.4 is 10.5 Å². The maximum atomic E-state index is 13.6. The molecule has 0 fully saturated rings. The van der Waals surface area contributed by atoms with Crippen LogP contribution in [-0.2, 0) is 16.8 Å². The Hall–Kier alpha value is -4.25. The molecule has 34 heavy (non-hydrogen) atoms. The molecule has 170 valence electrons. The number of hydrogen-bond acceptors (Lipinski definition) is 6. The predicted octanol–water partition coefficient (Wildman–Crippen LogP) is 3.53. The van der Waals surface area contributed by atoms with E-state index in [-0.39, 0.29) is 24.1 Å². The Morgan fingerprint density at radius 3 is 2.68 bits per heavy atom. The zero-order valence-corrected chi connectivity index (χ0v) is 18.7. The first-order valence-corrected chi connectivity index (χ1v) is 10.8. The Morgan fingerprint density at radius 1 is 1.24 bits per heavy atom. The third kappa shape index (κ3) is 3.46. The average molecular weight is 455 g/mol. The molecule has 0 radical (unpaired) electrons. The van der Waals surface area contributed by atoms with Gasteiger partial charge in [-0.1, -0.05) is 24.3 Å². The van der Waals surface area contributed by atoms with E-state index in [1.165, 1.54) is 17.0 Å². The van der Waals surface area contributed by atoms with E-state index in [0.717, 1.165) is 11.1 Å². The van der Waals surface area contributed by atoms with Crippen molar-refractivity contribution in [3.63, 3.8) is 0 Å². The van der Waals surface area contributed by atoms with Crippen LogP contribution in [0, 0.1) is 17.1 Å². The Bertz CT molecular complexity index is 1380. The molecule has 3 heterocycles. The van der Waals surface area contributed by atoms with Crippen LogP contribution in [0.3, 0.4) is 0 Å². The number of pyridine rings is 1. The number of likely N-dealkylation sites (N-methyl/N-ethyl adjacent to an activating group) is 1. The van der Waals surface area contributed by atoms with Crippen LogP contribution in [0.1, 0.15) is 30.0 Å². The van der Waals surface area contributed by atoms with Gasteiger partial charge in [-0.2, -0.15) is 5.26 Å². The Kier molecular flexibility index (Phi) is 4.87. The number of halogens is 1. The summed E-state index contributed by atoms with van der Waals surface area (Å²) >= 11 is 0. The minimum Gasteiger partial charge on any atom is -0.485 e. The minimum atomic E-state index is -1.27. The summed E-state index contributed by atoms with van der Waals surface area (Å²) in [5, 5.41) is 9.26. The van der Waals surface area contributed by atoms with Crippen molar-refractivity contribution >= 4 is 11.9 Å². The van der Waals surface area contributed by atoms with Gasteiger partial charge in [-0.05, 0) is 42.8 Å². The number of amides is 1. The molecule has 3 aromatic rings. The fraction of sp³-hybridized carbons (Fsp3) is 0.231. The Balaban J connectivity index is 1.63. The number of nitrogens with two attached hydrogens (primary N) is 1. The van der Waals surface area contributed by atoms with Crippen LogP contribution in [0.15, 0.2) is 65.8 Å². The predicted molar refractivity (Wildman–Crippen MR) is 124 cm³/mol. The summed E-state index contributed by atoms with van der Waals surface area (Å²) in [4.78, 5) is 24.1. The van der Waals surface area contributed by atoms with E-state index in [1.807, 2.05) is 13.0 Å². The van der Waals surface area contributed by atoms with Crippen LogP contribution in [0.4, 0.5) is 4.39 Å². The number of nitrogens with zero attached hydrogens (tertiary/aromatic N) is 4. The summed E-state index contributed by atoms with van der Waals surface area (Å²) in [5.74, 6) is 0.00771. The number of carbonyl (C=O) groups is 1. The lowest BCUT2D eigenvalue weighted by Gasteiger charge is -2.43. The molecule has 2 aliphatic heterocycles. The van der Waals surface area contributed by atoms with E-state index in [1.54, 1.807) is 49.6 Å². The number of guanidine groups is 1. The van der Waals surface area contributed by atoms with Crippen molar-refractivity contribution in [2.24, 2.45) is 10.7 Å². The molecule has 2 aromatic carbocycles. The van der Waals surface area contributed by atoms with Crippen molar-refractivity contribution in [1.82, 2.24) is 9.88 Å². The van der Waals surface area contributed by atoms with Gasteiger partial charge in [-0.25, -0.2) is 9.38 Å². The van der Waals surface area contributed by atoms with Gasteiger partial charge in [-0.15, -0.1) is 0 Å². The molecule has 7 nitrogen and oxygen atoms in total. The summed E-state index contributed by atoms with van der Waals surface area (Å²) in [6.45, 7) is 1.91. The molecule has 5 rings (SSSR count). The topological polar surface area (TPSA) is 105 Å². The van der Waals surface area contributed by atoms with Gasteiger partial charge in [0.1, 0.15) is 17.2 Å². The first kappa shape index (κ1) is 21.6. The van der Waals surface area contributed by atoms with E-state index >= 15 is 0 Å². The molecule has 2 atom stereocenters. The van der Waals surface area contributed by atoms with E-state index in [2.05, 4.69) is 16.0 Å². The highest BCUT2D eigenvalue weighted by atomic mass is 19.1. The lowest BCUT2D eigenvalue weighted by atomic mass is 9.75. The van der Waals surface area contributed by atoms with Crippen LogP contribution in [0.2, 0.25) is 0 Å². The van der Waals surface area contributed by atoms with Gasteiger partial charge < -0.3 is 10.5 Å². The summed E-state index contributed by atoms with van der Waals surface area (Å²) < 4.78 is 19.8. The van der Waals surface area contributed by atoms with E-state index in [9.17, 15) is 14.4 Å². The number of carbonyl (C=O) groups excluding carboxylic acids is 1. The van der Waals surface area contributed by atoms with E-state index < -0.39 is 11.1 Å². The Morgan fingerprint density at radius 2 is 2.00 bits per heavy atom. The zero-order valence-electron chi connectivity index (χ0n) is 18.7. The van der Waals surface area contributed by atoms with Crippen LogP contribution >= 0.6 is 0 Å². The number of aromatic nitrogens is 1. The highest BCUT2D eigenvalue weighted by Crippen LogP contribution is 2.50. The molecular weight excluding hydrogens is 433 g/mol. The molecule has 0 aliphatic carbocycles. The van der Waals surface area contributed by atoms with Crippen LogP contribution in [0.5, 0.6) is 5.75 Å². The summed E-state index contributed by atoms with van der Waals surface area (Å²) in [5.41, 5.74) is 7.30. The number of fused-ring (bicyclic) bond motifs is 2. The molecule has 0 bridgehead atoms. The molecule has 1 spiro atoms. The van der Waals surface area contributed by atoms with Gasteiger partial charge >= 0.3 is 0 Å². The van der Waals surface area contributed by atoms with Crippen molar-refractivity contribution in [2.75, 3.05) is 7.05 Å². The van der Waals surface area contributed by atoms with Crippen molar-refractivity contribution in [2.45, 2.75) is 30.9 Å². The SMILES string of the molecule is CN1C(=O)C2(CC(C)(Cc3ccc(F)cc3)Oc3cnc(-c4cccc(C#N)c4)cc32)N=C1N. The third-order valence-corrected chi connectivity index (χ3v) is 6.39. The lowest BCUT2D eigenvalue weighted by molar-refractivity contribution is -0.133. The minimum absolute atomic E-state index is 0.131.